The van der Waals surface area contributed by atoms with Gasteiger partial charge in [-0.05, 0) is 29.7 Å². The van der Waals surface area contributed by atoms with E-state index in [1.807, 2.05) is 23.7 Å². The molecule has 0 saturated carbocycles. The van der Waals surface area contributed by atoms with Crippen LogP contribution in [0.1, 0.15) is 11.3 Å². The average Bonchev–Trinajstić information content (AvgIpc) is 3.34. The molecule has 0 saturated heterocycles. The molecule has 0 spiro atoms. The van der Waals surface area contributed by atoms with Crippen molar-refractivity contribution in [3.8, 4) is 22.5 Å². The first-order chi connectivity index (χ1) is 13.3. The first-order valence-electron chi connectivity index (χ1n) is 8.66. The Bertz CT molecular complexity index is 1130. The lowest BCUT2D eigenvalue weighted by atomic mass is 10.0. The second-order valence-electron chi connectivity index (χ2n) is 6.29. The quantitative estimate of drug-likeness (QED) is 0.515. The molecule has 5 rings (SSSR count). The van der Waals surface area contributed by atoms with Crippen LogP contribution in [0, 0.1) is 6.92 Å². The molecule has 0 aliphatic carbocycles. The Morgan fingerprint density at radius 2 is 1.63 bits per heavy atom. The van der Waals surface area contributed by atoms with E-state index in [9.17, 15) is 0 Å². The molecular weight excluding hydrogens is 356 g/mol. The van der Waals surface area contributed by atoms with Gasteiger partial charge in [0.15, 0.2) is 5.82 Å². The largest absolute Gasteiger partial charge is 0.469 e. The lowest BCUT2D eigenvalue weighted by Gasteiger charge is -2.14. The summed E-state index contributed by atoms with van der Waals surface area (Å²) >= 11 is 1.64. The number of aromatic nitrogens is 3. The lowest BCUT2D eigenvalue weighted by Crippen LogP contribution is -2.13. The summed E-state index contributed by atoms with van der Waals surface area (Å²) in [7, 11) is 0. The second kappa shape index (κ2) is 6.55. The van der Waals surface area contributed by atoms with Crippen LogP contribution in [0.25, 0.3) is 22.5 Å². The van der Waals surface area contributed by atoms with Gasteiger partial charge in [0.1, 0.15) is 5.76 Å². The lowest BCUT2D eigenvalue weighted by molar-refractivity contribution is 0.534. The van der Waals surface area contributed by atoms with Crippen LogP contribution in [0.4, 0.5) is 0 Å². The molecule has 1 aliphatic heterocycles. The Kier molecular flexibility index (Phi) is 3.90. The maximum Gasteiger partial charge on any atom is 0.212 e. The third-order valence-corrected chi connectivity index (χ3v) is 5.53. The van der Waals surface area contributed by atoms with Crippen molar-refractivity contribution in [2.24, 2.45) is 5.10 Å². The van der Waals surface area contributed by atoms with Gasteiger partial charge in [0, 0.05) is 5.75 Å². The minimum Gasteiger partial charge on any atom is -0.469 e. The zero-order chi connectivity index (χ0) is 18.2. The number of aryl methyl sites for hydroxylation is 1. The number of benzene rings is 2. The second-order valence-corrected chi connectivity index (χ2v) is 7.23. The smallest absolute Gasteiger partial charge is 0.212 e. The van der Waals surface area contributed by atoms with E-state index in [0.717, 1.165) is 33.5 Å². The van der Waals surface area contributed by atoms with E-state index < -0.39 is 0 Å². The van der Waals surface area contributed by atoms with Gasteiger partial charge in [-0.15, -0.1) is 10.2 Å². The average molecular weight is 372 g/mol. The molecule has 2 aromatic heterocycles. The van der Waals surface area contributed by atoms with E-state index in [1.54, 1.807) is 18.0 Å². The highest BCUT2D eigenvalue weighted by Crippen LogP contribution is 2.30. The third-order valence-electron chi connectivity index (χ3n) is 4.60. The van der Waals surface area contributed by atoms with Crippen LogP contribution in [0.15, 0.2) is 81.6 Å². The van der Waals surface area contributed by atoms with E-state index in [4.69, 9.17) is 9.52 Å². The van der Waals surface area contributed by atoms with Crippen molar-refractivity contribution in [2.45, 2.75) is 12.1 Å². The summed E-state index contributed by atoms with van der Waals surface area (Å²) in [6.07, 6.45) is 1.66. The van der Waals surface area contributed by atoms with Gasteiger partial charge in [-0.1, -0.05) is 66.4 Å². The number of nitrogens with zero attached hydrogens (tertiary/aromatic N) is 4. The van der Waals surface area contributed by atoms with Crippen molar-refractivity contribution in [3.63, 3.8) is 0 Å². The SMILES string of the molecule is Cc1occc1-c1nnc2n1N=C(c1ccc(-c3ccccc3)cc1)CS2. The molecule has 0 radical (unpaired) electrons. The normalized spacial score (nSPS) is 13.3. The number of rotatable bonds is 3. The fourth-order valence-corrected chi connectivity index (χ4v) is 3.98. The highest BCUT2D eigenvalue weighted by atomic mass is 32.2. The van der Waals surface area contributed by atoms with Crippen molar-refractivity contribution >= 4 is 17.5 Å². The van der Waals surface area contributed by atoms with Gasteiger partial charge in [-0.3, -0.25) is 0 Å². The van der Waals surface area contributed by atoms with Crippen molar-refractivity contribution in [2.75, 3.05) is 5.75 Å². The molecule has 2 aromatic carbocycles. The zero-order valence-corrected chi connectivity index (χ0v) is 15.5. The molecule has 5 nitrogen and oxygen atoms in total. The fraction of sp³-hybridized carbons (Fsp3) is 0.0952. The minimum atomic E-state index is 0.710. The molecule has 3 heterocycles. The number of hydrogen-bond donors (Lipinski definition) is 0. The summed E-state index contributed by atoms with van der Waals surface area (Å²) in [4.78, 5) is 0. The fourth-order valence-electron chi connectivity index (χ4n) is 3.14. The Morgan fingerprint density at radius 3 is 2.37 bits per heavy atom. The monoisotopic (exact) mass is 372 g/mol. The summed E-state index contributed by atoms with van der Waals surface area (Å²) in [5, 5.41) is 14.2. The van der Waals surface area contributed by atoms with Crippen LogP contribution in [-0.2, 0) is 0 Å². The van der Waals surface area contributed by atoms with E-state index >= 15 is 0 Å². The number of hydrogen-bond acceptors (Lipinski definition) is 5. The Balaban J connectivity index is 1.51. The van der Waals surface area contributed by atoms with Gasteiger partial charge in [0.2, 0.25) is 5.16 Å². The molecule has 6 heteroatoms. The van der Waals surface area contributed by atoms with Crippen LogP contribution in [-0.4, -0.2) is 26.3 Å². The van der Waals surface area contributed by atoms with Gasteiger partial charge in [-0.2, -0.15) is 9.78 Å². The van der Waals surface area contributed by atoms with Crippen molar-refractivity contribution in [1.82, 2.24) is 14.9 Å². The van der Waals surface area contributed by atoms with E-state index in [1.165, 1.54) is 11.1 Å². The van der Waals surface area contributed by atoms with Crippen LogP contribution >= 0.6 is 11.8 Å². The molecule has 4 aromatic rings. The van der Waals surface area contributed by atoms with Crippen LogP contribution in [0.2, 0.25) is 0 Å². The van der Waals surface area contributed by atoms with Gasteiger partial charge >= 0.3 is 0 Å². The maximum atomic E-state index is 5.41. The molecule has 0 atom stereocenters. The standard InChI is InChI=1S/C21H16N4OS/c1-14-18(11-12-26-14)20-22-23-21-25(20)24-19(13-27-21)17-9-7-16(8-10-17)15-5-3-2-4-6-15/h2-12H,13H2,1H3. The van der Waals surface area contributed by atoms with Crippen molar-refractivity contribution in [3.05, 3.63) is 78.3 Å². The Hall–Kier alpha value is -3.12. The topological polar surface area (TPSA) is 56.2 Å². The highest BCUT2D eigenvalue weighted by Gasteiger charge is 2.22. The summed E-state index contributed by atoms with van der Waals surface area (Å²) in [5.41, 5.74) is 5.44. The Labute approximate surface area is 160 Å². The molecule has 0 unspecified atom stereocenters. The maximum absolute atomic E-state index is 5.41. The van der Waals surface area contributed by atoms with Gasteiger partial charge in [-0.25, -0.2) is 0 Å². The minimum absolute atomic E-state index is 0.710. The van der Waals surface area contributed by atoms with E-state index in [2.05, 4.69) is 58.7 Å². The molecule has 0 bridgehead atoms. The predicted molar refractivity (Wildman–Crippen MR) is 107 cm³/mol. The molecular formula is C21H16N4OS. The van der Waals surface area contributed by atoms with E-state index in [-0.39, 0.29) is 0 Å². The van der Waals surface area contributed by atoms with Gasteiger partial charge in [0.25, 0.3) is 0 Å². The van der Waals surface area contributed by atoms with Crippen molar-refractivity contribution < 1.29 is 4.42 Å². The predicted octanol–water partition coefficient (Wildman–Crippen LogP) is 4.87. The molecule has 1 aliphatic rings. The summed E-state index contributed by atoms with van der Waals surface area (Å²) in [6.45, 7) is 1.92. The van der Waals surface area contributed by atoms with Crippen LogP contribution in [0.3, 0.4) is 0 Å². The molecule has 0 N–H and O–H groups in total. The zero-order valence-electron chi connectivity index (χ0n) is 14.7. The first kappa shape index (κ1) is 16.1. The summed E-state index contributed by atoms with van der Waals surface area (Å²) < 4.78 is 7.22. The van der Waals surface area contributed by atoms with Gasteiger partial charge < -0.3 is 4.42 Å². The van der Waals surface area contributed by atoms with Crippen LogP contribution in [0.5, 0.6) is 0 Å². The highest BCUT2D eigenvalue weighted by molar-refractivity contribution is 7.99. The summed E-state index contributed by atoms with van der Waals surface area (Å²) in [6, 6.07) is 20.8. The summed E-state index contributed by atoms with van der Waals surface area (Å²) in [5.74, 6) is 2.29. The first-order valence-corrected chi connectivity index (χ1v) is 9.64. The number of furan rings is 1. The molecule has 27 heavy (non-hydrogen) atoms. The van der Waals surface area contributed by atoms with Crippen molar-refractivity contribution in [1.29, 1.82) is 0 Å². The van der Waals surface area contributed by atoms with Gasteiger partial charge in [0.05, 0.1) is 17.5 Å². The molecule has 0 amide bonds. The molecule has 0 fully saturated rings. The van der Waals surface area contributed by atoms with Crippen LogP contribution < -0.4 is 0 Å². The third kappa shape index (κ3) is 2.88. The van der Waals surface area contributed by atoms with E-state index in [0.29, 0.717) is 5.82 Å². The Morgan fingerprint density at radius 1 is 0.889 bits per heavy atom. The number of thioether (sulfide) groups is 1. The number of fused-ring (bicyclic) bond motifs is 1. The molecule has 132 valence electrons.